The molecule has 0 aromatic heterocycles. The first-order valence-electron chi connectivity index (χ1n) is 4.80. The van der Waals surface area contributed by atoms with Crippen molar-refractivity contribution in [2.24, 2.45) is 11.7 Å². The molecular formula is C11H16N2. The van der Waals surface area contributed by atoms with Gasteiger partial charge < -0.3 is 11.5 Å². The zero-order valence-electron chi connectivity index (χ0n) is 7.96. The summed E-state index contributed by atoms with van der Waals surface area (Å²) in [7, 11) is 0. The number of aryl methyl sites for hydroxylation is 1. The quantitative estimate of drug-likeness (QED) is 0.677. The largest absolute Gasteiger partial charge is 0.399 e. The van der Waals surface area contributed by atoms with E-state index in [4.69, 9.17) is 11.5 Å². The minimum absolute atomic E-state index is 0.222. The van der Waals surface area contributed by atoms with Crippen LogP contribution in [0.5, 0.6) is 0 Å². The van der Waals surface area contributed by atoms with Gasteiger partial charge in [0, 0.05) is 11.7 Å². The standard InChI is InChI=1S/C11H16N2/c1-7-6-9(4-5-10(7)12)11(13)8-2-3-8/h4-6,8,11H,2-3,12-13H2,1H3. The van der Waals surface area contributed by atoms with E-state index in [-0.39, 0.29) is 6.04 Å². The molecule has 4 N–H and O–H groups in total. The van der Waals surface area contributed by atoms with Gasteiger partial charge in [0.15, 0.2) is 0 Å². The Hall–Kier alpha value is -1.02. The average molecular weight is 176 g/mol. The lowest BCUT2D eigenvalue weighted by Crippen LogP contribution is -2.12. The Morgan fingerprint density at radius 2 is 2.08 bits per heavy atom. The van der Waals surface area contributed by atoms with Crippen LogP contribution in [-0.4, -0.2) is 0 Å². The molecule has 1 saturated carbocycles. The predicted octanol–water partition coefficient (Wildman–Crippen LogP) is 1.99. The highest BCUT2D eigenvalue weighted by molar-refractivity contribution is 5.48. The van der Waals surface area contributed by atoms with Crippen LogP contribution >= 0.6 is 0 Å². The smallest absolute Gasteiger partial charge is 0.0343 e. The Labute approximate surface area is 78.9 Å². The van der Waals surface area contributed by atoms with Gasteiger partial charge in [0.1, 0.15) is 0 Å². The van der Waals surface area contributed by atoms with Crippen LogP contribution in [0, 0.1) is 12.8 Å². The summed E-state index contributed by atoms with van der Waals surface area (Å²) in [5, 5.41) is 0. The summed E-state index contributed by atoms with van der Waals surface area (Å²) in [5.74, 6) is 0.711. The van der Waals surface area contributed by atoms with E-state index in [1.807, 2.05) is 19.1 Å². The third kappa shape index (κ3) is 1.68. The normalized spacial score (nSPS) is 18.6. The van der Waals surface area contributed by atoms with Gasteiger partial charge in [-0.05, 0) is 42.9 Å². The summed E-state index contributed by atoms with van der Waals surface area (Å²) in [6.45, 7) is 2.03. The van der Waals surface area contributed by atoms with Crippen LogP contribution < -0.4 is 11.5 Å². The molecule has 0 heterocycles. The van der Waals surface area contributed by atoms with Crippen LogP contribution in [0.2, 0.25) is 0 Å². The van der Waals surface area contributed by atoms with Gasteiger partial charge in [-0.3, -0.25) is 0 Å². The minimum atomic E-state index is 0.222. The van der Waals surface area contributed by atoms with Crippen LogP contribution in [0.15, 0.2) is 18.2 Å². The highest BCUT2D eigenvalue weighted by Gasteiger charge is 2.29. The summed E-state index contributed by atoms with van der Waals surface area (Å²) in [6.07, 6.45) is 2.56. The molecule has 0 aliphatic heterocycles. The van der Waals surface area contributed by atoms with Crippen LogP contribution in [0.4, 0.5) is 5.69 Å². The monoisotopic (exact) mass is 176 g/mol. The van der Waals surface area contributed by atoms with Gasteiger partial charge in [0.05, 0.1) is 0 Å². The molecular weight excluding hydrogens is 160 g/mol. The van der Waals surface area contributed by atoms with Crippen molar-refractivity contribution in [2.75, 3.05) is 5.73 Å². The van der Waals surface area contributed by atoms with Crippen molar-refractivity contribution < 1.29 is 0 Å². The Morgan fingerprint density at radius 1 is 1.38 bits per heavy atom. The zero-order valence-corrected chi connectivity index (χ0v) is 7.96. The Bertz CT molecular complexity index is 316. The lowest BCUT2D eigenvalue weighted by Gasteiger charge is -2.12. The van der Waals surface area contributed by atoms with Crippen molar-refractivity contribution >= 4 is 5.69 Å². The molecule has 0 amide bonds. The van der Waals surface area contributed by atoms with Crippen molar-refractivity contribution in [3.8, 4) is 0 Å². The second-order valence-electron chi connectivity index (χ2n) is 3.98. The molecule has 70 valence electrons. The van der Waals surface area contributed by atoms with Gasteiger partial charge in [-0.2, -0.15) is 0 Å². The van der Waals surface area contributed by atoms with Gasteiger partial charge in [0.25, 0.3) is 0 Å². The summed E-state index contributed by atoms with van der Waals surface area (Å²) in [5.41, 5.74) is 15.0. The van der Waals surface area contributed by atoms with Gasteiger partial charge in [-0.25, -0.2) is 0 Å². The van der Waals surface area contributed by atoms with E-state index < -0.39 is 0 Å². The molecule has 1 aromatic carbocycles. The molecule has 1 aliphatic carbocycles. The lowest BCUT2D eigenvalue weighted by molar-refractivity contribution is 0.633. The summed E-state index contributed by atoms with van der Waals surface area (Å²) in [4.78, 5) is 0. The molecule has 2 heteroatoms. The van der Waals surface area contributed by atoms with Gasteiger partial charge >= 0.3 is 0 Å². The van der Waals surface area contributed by atoms with Crippen molar-refractivity contribution in [1.29, 1.82) is 0 Å². The van der Waals surface area contributed by atoms with E-state index >= 15 is 0 Å². The number of anilines is 1. The fraction of sp³-hybridized carbons (Fsp3) is 0.455. The Morgan fingerprint density at radius 3 is 2.62 bits per heavy atom. The van der Waals surface area contributed by atoms with E-state index in [2.05, 4.69) is 6.07 Å². The molecule has 13 heavy (non-hydrogen) atoms. The zero-order chi connectivity index (χ0) is 9.42. The van der Waals surface area contributed by atoms with Crippen molar-refractivity contribution in [3.05, 3.63) is 29.3 Å². The Balaban J connectivity index is 2.24. The van der Waals surface area contributed by atoms with E-state index in [1.54, 1.807) is 0 Å². The maximum absolute atomic E-state index is 6.08. The first-order valence-corrected chi connectivity index (χ1v) is 4.80. The second kappa shape index (κ2) is 3.04. The number of hydrogen-bond acceptors (Lipinski definition) is 2. The summed E-state index contributed by atoms with van der Waals surface area (Å²) >= 11 is 0. The van der Waals surface area contributed by atoms with E-state index in [0.717, 1.165) is 11.3 Å². The van der Waals surface area contributed by atoms with Crippen LogP contribution in [0.1, 0.15) is 30.0 Å². The fourth-order valence-electron chi connectivity index (χ4n) is 1.63. The number of benzene rings is 1. The number of nitrogens with two attached hydrogens (primary N) is 2. The molecule has 0 saturated heterocycles. The first-order chi connectivity index (χ1) is 6.18. The minimum Gasteiger partial charge on any atom is -0.399 e. The number of nitrogen functional groups attached to an aromatic ring is 1. The van der Waals surface area contributed by atoms with Gasteiger partial charge in [0.2, 0.25) is 0 Å². The maximum Gasteiger partial charge on any atom is 0.0343 e. The van der Waals surface area contributed by atoms with Crippen LogP contribution in [-0.2, 0) is 0 Å². The van der Waals surface area contributed by atoms with Crippen molar-refractivity contribution in [1.82, 2.24) is 0 Å². The van der Waals surface area contributed by atoms with Crippen LogP contribution in [0.3, 0.4) is 0 Å². The molecule has 1 aromatic rings. The molecule has 1 fully saturated rings. The van der Waals surface area contributed by atoms with Crippen molar-refractivity contribution in [2.45, 2.75) is 25.8 Å². The summed E-state index contributed by atoms with van der Waals surface area (Å²) in [6, 6.07) is 6.33. The first kappa shape index (κ1) is 8.57. The summed E-state index contributed by atoms with van der Waals surface area (Å²) < 4.78 is 0. The maximum atomic E-state index is 6.08. The molecule has 0 spiro atoms. The predicted molar refractivity (Wildman–Crippen MR) is 55.2 cm³/mol. The average Bonchev–Trinajstić information content (AvgIpc) is 2.91. The van der Waals surface area contributed by atoms with E-state index in [1.165, 1.54) is 18.4 Å². The van der Waals surface area contributed by atoms with Gasteiger partial charge in [-0.1, -0.05) is 12.1 Å². The lowest BCUT2D eigenvalue weighted by atomic mass is 10.0. The van der Waals surface area contributed by atoms with Crippen LogP contribution in [0.25, 0.3) is 0 Å². The molecule has 0 bridgehead atoms. The van der Waals surface area contributed by atoms with Gasteiger partial charge in [-0.15, -0.1) is 0 Å². The molecule has 2 rings (SSSR count). The topological polar surface area (TPSA) is 52.0 Å². The fourth-order valence-corrected chi connectivity index (χ4v) is 1.63. The van der Waals surface area contributed by atoms with E-state index in [0.29, 0.717) is 5.92 Å². The molecule has 1 unspecified atom stereocenters. The van der Waals surface area contributed by atoms with Crippen molar-refractivity contribution in [3.63, 3.8) is 0 Å². The van der Waals surface area contributed by atoms with E-state index in [9.17, 15) is 0 Å². The number of rotatable bonds is 2. The number of hydrogen-bond donors (Lipinski definition) is 2. The third-order valence-electron chi connectivity index (χ3n) is 2.81. The molecule has 1 atom stereocenters. The molecule has 1 aliphatic rings. The highest BCUT2D eigenvalue weighted by atomic mass is 14.7. The SMILES string of the molecule is Cc1cc(C(N)C2CC2)ccc1N. The second-order valence-corrected chi connectivity index (χ2v) is 3.98. The molecule has 0 radical (unpaired) electrons. The highest BCUT2D eigenvalue weighted by Crippen LogP contribution is 2.39. The third-order valence-corrected chi connectivity index (χ3v) is 2.81. The Kier molecular flexibility index (Phi) is 2.00. The molecule has 2 nitrogen and oxygen atoms in total.